The predicted molar refractivity (Wildman–Crippen MR) is 84.3 cm³/mol. The van der Waals surface area contributed by atoms with E-state index in [2.05, 4.69) is 31.3 Å². The summed E-state index contributed by atoms with van der Waals surface area (Å²) >= 11 is 0. The van der Waals surface area contributed by atoms with Crippen LogP contribution in [0.3, 0.4) is 0 Å². The summed E-state index contributed by atoms with van der Waals surface area (Å²) in [4.78, 5) is 8.62. The van der Waals surface area contributed by atoms with E-state index in [9.17, 15) is 0 Å². The highest BCUT2D eigenvalue weighted by atomic mass is 15.2. The van der Waals surface area contributed by atoms with Crippen LogP contribution < -0.4 is 21.3 Å². The second-order valence-corrected chi connectivity index (χ2v) is 5.29. The Kier molecular flexibility index (Phi) is 7.05. The Morgan fingerprint density at radius 3 is 1.55 bits per heavy atom. The van der Waals surface area contributed by atoms with Crippen LogP contribution >= 0.6 is 0 Å². The van der Waals surface area contributed by atoms with Crippen molar-refractivity contribution < 1.29 is 0 Å². The Morgan fingerprint density at radius 1 is 0.700 bits per heavy atom. The van der Waals surface area contributed by atoms with Crippen LogP contribution in [0.5, 0.6) is 0 Å². The quantitative estimate of drug-likeness (QED) is 0.462. The summed E-state index contributed by atoms with van der Waals surface area (Å²) in [7, 11) is 0. The standard InChI is InChI=1S/C14H28N6/c1(3-5-7-15-13-17-9-10-18-13)2-4-6-8-16-14-19-11-12-20-14/h1-12H2,(H2,15,17,18)(H2,16,19,20). The Hall–Kier alpha value is -1.46. The lowest BCUT2D eigenvalue weighted by molar-refractivity contribution is 0.584. The van der Waals surface area contributed by atoms with Gasteiger partial charge in [-0.25, -0.2) is 0 Å². The van der Waals surface area contributed by atoms with Crippen molar-refractivity contribution in [2.24, 2.45) is 9.98 Å². The van der Waals surface area contributed by atoms with Crippen LogP contribution in [-0.4, -0.2) is 51.2 Å². The van der Waals surface area contributed by atoms with Crippen molar-refractivity contribution in [3.63, 3.8) is 0 Å². The highest BCUT2D eigenvalue weighted by molar-refractivity contribution is 5.81. The van der Waals surface area contributed by atoms with Crippen LogP contribution in [0.15, 0.2) is 9.98 Å². The Labute approximate surface area is 121 Å². The number of rotatable bonds is 9. The van der Waals surface area contributed by atoms with Crippen molar-refractivity contribution in [1.82, 2.24) is 21.3 Å². The Bertz CT molecular complexity index is 294. The topological polar surface area (TPSA) is 72.8 Å². The smallest absolute Gasteiger partial charge is 0.191 e. The Morgan fingerprint density at radius 2 is 1.15 bits per heavy atom. The SMILES string of the molecule is C(CCCCNC1=NCCN1)CCCNC1=NCCN1. The van der Waals surface area contributed by atoms with Gasteiger partial charge >= 0.3 is 0 Å². The van der Waals surface area contributed by atoms with E-state index in [1.165, 1.54) is 38.5 Å². The number of nitrogens with zero attached hydrogens (tertiary/aromatic N) is 2. The van der Waals surface area contributed by atoms with Crippen molar-refractivity contribution >= 4 is 11.9 Å². The minimum Gasteiger partial charge on any atom is -0.356 e. The molecule has 0 atom stereocenters. The fourth-order valence-corrected chi connectivity index (χ4v) is 2.40. The first-order valence-corrected chi connectivity index (χ1v) is 7.99. The van der Waals surface area contributed by atoms with Crippen molar-refractivity contribution in [1.29, 1.82) is 0 Å². The van der Waals surface area contributed by atoms with Crippen LogP contribution in [0, 0.1) is 0 Å². The van der Waals surface area contributed by atoms with Gasteiger partial charge in [-0.2, -0.15) is 0 Å². The third-order valence-electron chi connectivity index (χ3n) is 3.54. The van der Waals surface area contributed by atoms with Gasteiger partial charge in [0.1, 0.15) is 0 Å². The molecule has 0 aromatic rings. The lowest BCUT2D eigenvalue weighted by Crippen LogP contribution is -2.34. The molecular formula is C14H28N6. The maximum atomic E-state index is 4.31. The van der Waals surface area contributed by atoms with Gasteiger partial charge in [-0.3, -0.25) is 9.98 Å². The summed E-state index contributed by atoms with van der Waals surface area (Å²) in [5, 5.41) is 13.1. The number of nitrogens with one attached hydrogen (secondary N) is 4. The number of hydrogen-bond acceptors (Lipinski definition) is 6. The molecule has 0 aliphatic carbocycles. The second kappa shape index (κ2) is 9.44. The van der Waals surface area contributed by atoms with Crippen LogP contribution in [0.2, 0.25) is 0 Å². The first-order valence-electron chi connectivity index (χ1n) is 7.99. The highest BCUT2D eigenvalue weighted by Crippen LogP contribution is 2.04. The second-order valence-electron chi connectivity index (χ2n) is 5.29. The molecule has 0 spiro atoms. The van der Waals surface area contributed by atoms with Crippen molar-refractivity contribution in [3.05, 3.63) is 0 Å². The molecule has 114 valence electrons. The summed E-state index contributed by atoms with van der Waals surface area (Å²) in [5.74, 6) is 1.97. The fraction of sp³-hybridized carbons (Fsp3) is 0.857. The molecular weight excluding hydrogens is 252 g/mol. The molecule has 0 saturated heterocycles. The van der Waals surface area contributed by atoms with E-state index in [4.69, 9.17) is 0 Å². The molecule has 6 heteroatoms. The molecule has 2 rings (SSSR count). The number of aliphatic imine (C=N–C) groups is 2. The van der Waals surface area contributed by atoms with Gasteiger partial charge in [-0.1, -0.05) is 25.7 Å². The van der Waals surface area contributed by atoms with Crippen molar-refractivity contribution in [2.45, 2.75) is 38.5 Å². The summed E-state index contributed by atoms with van der Waals surface area (Å²) in [6, 6.07) is 0. The van der Waals surface area contributed by atoms with Crippen LogP contribution in [0.1, 0.15) is 38.5 Å². The minimum absolute atomic E-state index is 0.915. The van der Waals surface area contributed by atoms with Gasteiger partial charge in [0, 0.05) is 26.2 Å². The van der Waals surface area contributed by atoms with Gasteiger partial charge in [0.25, 0.3) is 0 Å². The van der Waals surface area contributed by atoms with Crippen molar-refractivity contribution in [3.8, 4) is 0 Å². The maximum Gasteiger partial charge on any atom is 0.191 e. The van der Waals surface area contributed by atoms with E-state index in [0.717, 1.165) is 51.2 Å². The average molecular weight is 280 g/mol. The molecule has 2 aliphatic heterocycles. The number of guanidine groups is 2. The molecule has 4 N–H and O–H groups in total. The monoisotopic (exact) mass is 280 g/mol. The van der Waals surface area contributed by atoms with Gasteiger partial charge in [-0.05, 0) is 12.8 Å². The van der Waals surface area contributed by atoms with Crippen LogP contribution in [0.4, 0.5) is 0 Å². The maximum absolute atomic E-state index is 4.31. The van der Waals surface area contributed by atoms with E-state index < -0.39 is 0 Å². The Balaban J connectivity index is 1.30. The fourth-order valence-electron chi connectivity index (χ4n) is 2.40. The predicted octanol–water partition coefficient (Wildman–Crippen LogP) is 0.425. The van der Waals surface area contributed by atoms with Gasteiger partial charge in [0.05, 0.1) is 13.1 Å². The molecule has 2 aliphatic rings. The molecule has 0 unspecified atom stereocenters. The van der Waals surface area contributed by atoms with Gasteiger partial charge in [0.15, 0.2) is 11.9 Å². The molecule has 0 radical (unpaired) electrons. The first kappa shape index (κ1) is 14.9. The van der Waals surface area contributed by atoms with Crippen LogP contribution in [-0.2, 0) is 0 Å². The summed E-state index contributed by atoms with van der Waals surface area (Å²) in [5.41, 5.74) is 0. The largest absolute Gasteiger partial charge is 0.356 e. The summed E-state index contributed by atoms with van der Waals surface area (Å²) in [6.45, 7) is 5.88. The molecule has 0 aromatic carbocycles. The van der Waals surface area contributed by atoms with Gasteiger partial charge in [0.2, 0.25) is 0 Å². The molecule has 2 heterocycles. The zero-order valence-corrected chi connectivity index (χ0v) is 12.4. The molecule has 0 fully saturated rings. The number of unbranched alkanes of at least 4 members (excludes halogenated alkanes) is 5. The lowest BCUT2D eigenvalue weighted by atomic mass is 10.1. The summed E-state index contributed by atoms with van der Waals surface area (Å²) < 4.78 is 0. The molecule has 20 heavy (non-hydrogen) atoms. The van der Waals surface area contributed by atoms with E-state index in [1.54, 1.807) is 0 Å². The van der Waals surface area contributed by atoms with E-state index in [-0.39, 0.29) is 0 Å². The number of hydrogen-bond donors (Lipinski definition) is 4. The third-order valence-corrected chi connectivity index (χ3v) is 3.54. The highest BCUT2D eigenvalue weighted by Gasteiger charge is 2.03. The normalized spacial score (nSPS) is 17.2. The molecule has 0 saturated carbocycles. The van der Waals surface area contributed by atoms with E-state index in [1.807, 2.05) is 0 Å². The minimum atomic E-state index is 0.915. The third kappa shape index (κ3) is 6.12. The zero-order chi connectivity index (χ0) is 13.9. The van der Waals surface area contributed by atoms with Crippen LogP contribution in [0.25, 0.3) is 0 Å². The van der Waals surface area contributed by atoms with Gasteiger partial charge < -0.3 is 21.3 Å². The molecule has 0 bridgehead atoms. The van der Waals surface area contributed by atoms with Crippen molar-refractivity contribution in [2.75, 3.05) is 39.3 Å². The molecule has 6 nitrogen and oxygen atoms in total. The summed E-state index contributed by atoms with van der Waals surface area (Å²) in [6.07, 6.45) is 7.75. The lowest BCUT2D eigenvalue weighted by Gasteiger charge is -2.07. The average Bonchev–Trinajstić information content (AvgIpc) is 3.14. The van der Waals surface area contributed by atoms with E-state index in [0.29, 0.717) is 0 Å². The first-order chi connectivity index (χ1) is 9.95. The molecule has 0 aromatic heterocycles. The zero-order valence-electron chi connectivity index (χ0n) is 12.4. The van der Waals surface area contributed by atoms with E-state index >= 15 is 0 Å². The molecule has 0 amide bonds. The van der Waals surface area contributed by atoms with Gasteiger partial charge in [-0.15, -0.1) is 0 Å².